The van der Waals surface area contributed by atoms with Crippen molar-refractivity contribution in [2.75, 3.05) is 39.7 Å². The monoisotopic (exact) mass is 1060 g/mol. The standard InChI is InChI=1S/C66H88N4O8/c1-5-42-19-21-49-50(16-10-30-71)52-17-8-27-65(52)48-35-54(60-58(36-48)77-63(41-67-2)38-47(15-11-31-76-60)62(39-63)28-25-46-34-44-12-6-18-56(44)78-66(46,74)40-62)70-61(68-3)69-29-9-14-45-13-7-26-64(45,59(73)24-22-53(65)51(49)32-42)37-43-20-23-55(72)57(33-43)75-4/h20,22-24,33,35-36,42,44-47,49-53,56,67,71-72,74H,5-8,10,12-19,21,25-28,30,32,34,37-41H2,1-4H3,(H2,68,69,70)/b24-22+/t42-,44+,45+,46-,47+,49+,50+,51+,52+,53-,56+,62+,63-,64+,65-,66-/m1/s1. The number of nitrogens with one attached hydrogen (secondary N) is 3. The minimum Gasteiger partial charge on any atom is -0.504 e. The van der Waals surface area contributed by atoms with Gasteiger partial charge in [-0.15, -0.1) is 0 Å². The predicted molar refractivity (Wildman–Crippen MR) is 303 cm³/mol. The Labute approximate surface area is 464 Å². The second-order valence-electron chi connectivity index (χ2n) is 26.5. The van der Waals surface area contributed by atoms with E-state index in [9.17, 15) is 15.3 Å². The van der Waals surface area contributed by atoms with Gasteiger partial charge in [0, 0.05) is 62.3 Å². The van der Waals surface area contributed by atoms with Crippen LogP contribution >= 0.6 is 0 Å². The van der Waals surface area contributed by atoms with Crippen LogP contribution in [0.1, 0.15) is 166 Å². The number of aliphatic imine (C=N–C) groups is 1. The summed E-state index contributed by atoms with van der Waals surface area (Å²) in [6.45, 7) is 3.14. The average molecular weight is 1070 g/mol. The number of likely N-dealkylation sites (N-methyl/N-ethyl adjacent to an activating group) is 1. The number of anilines is 1. The first kappa shape index (κ1) is 53.9. The quantitative estimate of drug-likeness (QED) is 0.133. The molecule has 12 rings (SSSR count). The first-order chi connectivity index (χ1) is 37.9. The fourth-order valence-electron chi connectivity index (χ4n) is 19.6. The normalized spacial score (nSPS) is 41.2. The maximum atomic E-state index is 15.9. The van der Waals surface area contributed by atoms with Crippen LogP contribution in [0.5, 0.6) is 23.0 Å². The number of aromatic hydroxyl groups is 1. The van der Waals surface area contributed by atoms with E-state index in [0.717, 1.165) is 108 Å². The van der Waals surface area contributed by atoms with Crippen molar-refractivity contribution in [2.45, 2.75) is 184 Å². The molecule has 2 aromatic carbocycles. The van der Waals surface area contributed by atoms with Crippen molar-refractivity contribution >= 4 is 17.4 Å². The molecule has 8 fully saturated rings. The summed E-state index contributed by atoms with van der Waals surface area (Å²) in [5.74, 6) is 11.2. The van der Waals surface area contributed by atoms with Crippen LogP contribution in [0.2, 0.25) is 0 Å². The summed E-state index contributed by atoms with van der Waals surface area (Å²) in [5.41, 5.74) is 0.905. The number of ether oxygens (including phenoxy) is 4. The molecule has 0 radical (unpaired) electrons. The van der Waals surface area contributed by atoms with E-state index in [0.29, 0.717) is 96.6 Å². The second kappa shape index (κ2) is 21.6. The van der Waals surface area contributed by atoms with Crippen molar-refractivity contribution in [3.8, 4) is 47.0 Å². The third-order valence-corrected chi connectivity index (χ3v) is 22.9. The number of guanidine groups is 1. The minimum absolute atomic E-state index is 0.0116. The molecular weight excluding hydrogens is 977 g/mol. The number of hydrogen-bond acceptors (Lipinski definition) is 10. The maximum absolute atomic E-state index is 15.9. The zero-order chi connectivity index (χ0) is 53.9. The summed E-state index contributed by atoms with van der Waals surface area (Å²) in [7, 11) is 5.36. The molecule has 2 aromatic rings. The van der Waals surface area contributed by atoms with Crippen molar-refractivity contribution in [1.29, 1.82) is 0 Å². The number of rotatable bonds is 9. The van der Waals surface area contributed by atoms with E-state index < -0.39 is 16.8 Å². The number of allylic oxidation sites excluding steroid dienone is 2. The van der Waals surface area contributed by atoms with Gasteiger partial charge in [-0.2, -0.15) is 0 Å². The average Bonchev–Trinajstić information content (AvgIpc) is 4.30. The highest BCUT2D eigenvalue weighted by Gasteiger charge is 2.65. The third-order valence-electron chi connectivity index (χ3n) is 22.9. The smallest absolute Gasteiger partial charge is 0.207 e. The second-order valence-corrected chi connectivity index (χ2v) is 26.5. The Morgan fingerprint density at radius 2 is 1.81 bits per heavy atom. The van der Waals surface area contributed by atoms with Gasteiger partial charge in [0.15, 0.2) is 28.8 Å². The number of phenolic OH excluding ortho intramolecular Hbond substituents is 1. The van der Waals surface area contributed by atoms with Crippen molar-refractivity contribution in [3.63, 3.8) is 0 Å². The number of aliphatic hydroxyl groups is 2. The molecule has 1 saturated heterocycles. The number of aliphatic hydroxyl groups excluding tert-OH is 1. The first-order valence-corrected chi connectivity index (χ1v) is 30.7. The maximum Gasteiger partial charge on any atom is 0.207 e. The Balaban J connectivity index is 1.02. The molecule has 3 aliphatic heterocycles. The number of benzene rings is 2. The summed E-state index contributed by atoms with van der Waals surface area (Å²) >= 11 is 0. The Morgan fingerprint density at radius 1 is 0.936 bits per heavy atom. The number of phenols is 1. The van der Waals surface area contributed by atoms with Crippen molar-refractivity contribution in [1.82, 2.24) is 10.6 Å². The zero-order valence-electron chi connectivity index (χ0n) is 47.1. The van der Waals surface area contributed by atoms with Gasteiger partial charge in [0.1, 0.15) is 11.7 Å². The highest BCUT2D eigenvalue weighted by atomic mass is 16.6. The molecule has 6 N–H and O–H groups in total. The fraction of sp³-hybridized carbons (Fsp3) is 0.697. The topological polar surface area (TPSA) is 163 Å². The Hall–Kier alpha value is -4.72. The van der Waals surface area contributed by atoms with Gasteiger partial charge in [-0.05, 0) is 210 Å². The summed E-state index contributed by atoms with van der Waals surface area (Å²) < 4.78 is 27.1. The Kier molecular flexibility index (Phi) is 15.0. The van der Waals surface area contributed by atoms with Gasteiger partial charge >= 0.3 is 0 Å². The van der Waals surface area contributed by atoms with Crippen molar-refractivity contribution < 1.29 is 39.1 Å². The largest absolute Gasteiger partial charge is 0.504 e. The summed E-state index contributed by atoms with van der Waals surface area (Å²) in [5, 5.41) is 44.6. The molecule has 12 heteroatoms. The molecular formula is C66H88N4O8. The van der Waals surface area contributed by atoms with Crippen LogP contribution in [0.25, 0.3) is 0 Å². The van der Waals surface area contributed by atoms with Gasteiger partial charge in [-0.3, -0.25) is 15.1 Å². The van der Waals surface area contributed by atoms with Gasteiger partial charge in [0.05, 0.1) is 18.9 Å². The SMILES string of the molecule is CC[C@@H]1CC[C@@H]2[C@H](C1)[C@H]1/C=C/C(=O)[C@]3(Cc4ccc(O)c(OC)c4)CCC[C@H]3CC#CNC(=NC)Nc3cc(cc4c3OC#CC[C@H]3C[C@](CNC)(C[C@]35CC[C@@H]3C[C@@H]6CCC[C@@H]6O[C@]3(O)C5)O4)[C@@]13CCC[C@H]3[C@H]2CCCO. The predicted octanol–water partition coefficient (Wildman–Crippen LogP) is 11.0. The number of ketones is 1. The molecule has 78 heavy (non-hydrogen) atoms. The van der Waals surface area contributed by atoms with Gasteiger partial charge in [-0.25, -0.2) is 0 Å². The number of carbonyl (C=O) groups is 1. The van der Waals surface area contributed by atoms with Crippen molar-refractivity contribution in [3.05, 3.63) is 53.6 Å². The molecule has 2 spiro atoms. The molecule has 0 aromatic heterocycles. The number of methoxy groups -OCH3 is 1. The van der Waals surface area contributed by atoms with Gasteiger partial charge in [0.25, 0.3) is 0 Å². The molecule has 12 nitrogen and oxygen atoms in total. The lowest BCUT2D eigenvalue weighted by atomic mass is 9.45. The molecule has 3 heterocycles. The molecule has 7 saturated carbocycles. The molecule has 7 aliphatic carbocycles. The van der Waals surface area contributed by atoms with E-state index in [-0.39, 0.29) is 58.7 Å². The molecule has 420 valence electrons. The molecule has 10 aliphatic rings. The summed E-state index contributed by atoms with van der Waals surface area (Å²) in [4.78, 5) is 20.6. The van der Waals surface area contributed by atoms with Crippen LogP contribution in [0.4, 0.5) is 5.69 Å². The number of carbonyl (C=O) groups excluding carboxylic acids is 1. The van der Waals surface area contributed by atoms with Crippen LogP contribution in [0.15, 0.2) is 47.5 Å². The third kappa shape index (κ3) is 9.33. The molecule has 16 atom stereocenters. The number of hydrogen-bond donors (Lipinski definition) is 6. The summed E-state index contributed by atoms with van der Waals surface area (Å²) in [6, 6.07) is 13.4. The van der Waals surface area contributed by atoms with Crippen LogP contribution in [0.3, 0.4) is 0 Å². The molecule has 0 amide bonds. The van der Waals surface area contributed by atoms with E-state index in [4.69, 9.17) is 23.9 Å². The zero-order valence-corrected chi connectivity index (χ0v) is 47.1. The molecule has 4 bridgehead atoms. The van der Waals surface area contributed by atoms with Crippen LogP contribution in [-0.2, 0) is 21.4 Å². The van der Waals surface area contributed by atoms with Gasteiger partial charge in [0.2, 0.25) is 11.7 Å². The lowest BCUT2D eigenvalue weighted by Gasteiger charge is -2.59. The lowest BCUT2D eigenvalue weighted by molar-refractivity contribution is -0.322. The van der Waals surface area contributed by atoms with Crippen LogP contribution in [0, 0.1) is 94.0 Å². The lowest BCUT2D eigenvalue weighted by Crippen LogP contribution is -2.56. The van der Waals surface area contributed by atoms with Crippen molar-refractivity contribution in [2.24, 2.45) is 75.0 Å². The van der Waals surface area contributed by atoms with E-state index in [1.165, 1.54) is 31.2 Å². The van der Waals surface area contributed by atoms with E-state index in [2.05, 4.69) is 65.1 Å². The fourth-order valence-corrected chi connectivity index (χ4v) is 19.6. The number of nitrogens with zero attached hydrogens (tertiary/aromatic N) is 1. The van der Waals surface area contributed by atoms with Crippen LogP contribution in [-0.4, -0.2) is 78.9 Å². The Bertz CT molecular complexity index is 2770. The highest BCUT2D eigenvalue weighted by Crippen LogP contribution is 2.68. The minimum atomic E-state index is -1.16. The van der Waals surface area contributed by atoms with Crippen LogP contribution < -0.4 is 30.2 Å². The summed E-state index contributed by atoms with van der Waals surface area (Å²) in [6.07, 6.45) is 30.1. The van der Waals surface area contributed by atoms with Gasteiger partial charge in [-0.1, -0.05) is 63.0 Å². The number of fused-ring (bicyclic) bond motifs is 12. The molecule has 0 unspecified atom stereocenters. The van der Waals surface area contributed by atoms with E-state index in [1.807, 2.05) is 25.3 Å². The Morgan fingerprint density at radius 3 is 2.64 bits per heavy atom. The highest BCUT2D eigenvalue weighted by molar-refractivity contribution is 5.97. The van der Waals surface area contributed by atoms with E-state index in [1.54, 1.807) is 20.2 Å². The van der Waals surface area contributed by atoms with E-state index >= 15 is 4.79 Å². The first-order valence-electron chi connectivity index (χ1n) is 30.7. The van der Waals surface area contributed by atoms with Gasteiger partial charge < -0.3 is 44.9 Å².